The number of benzene rings is 1. The van der Waals surface area contributed by atoms with Crippen LogP contribution in [0.15, 0.2) is 45.8 Å². The minimum Gasteiger partial charge on any atom is -0.497 e. The molecule has 2 rings (SSSR count). The molecule has 0 aliphatic heterocycles. The van der Waals surface area contributed by atoms with Crippen molar-refractivity contribution < 1.29 is 18.7 Å². The van der Waals surface area contributed by atoms with Crippen molar-refractivity contribution in [2.75, 3.05) is 34.4 Å². The van der Waals surface area contributed by atoms with E-state index in [-0.39, 0.29) is 5.76 Å². The Morgan fingerprint density at radius 3 is 2.50 bits per heavy atom. The number of nitrogens with zero attached hydrogens (tertiary/aromatic N) is 2. The number of rotatable bonds is 8. The zero-order valence-electron chi connectivity index (χ0n) is 15.2. The second-order valence-electron chi connectivity index (χ2n) is 5.48. The fraction of sp³-hybridized carbons (Fsp3) is 0.333. The van der Waals surface area contributed by atoms with Crippen molar-refractivity contribution in [2.24, 2.45) is 10.7 Å². The molecule has 0 saturated heterocycles. The number of likely N-dealkylation sites (N-methyl/N-ethyl adjacent to an activating group) is 1. The second-order valence-corrected chi connectivity index (χ2v) is 5.48. The van der Waals surface area contributed by atoms with Gasteiger partial charge in [0, 0.05) is 14.1 Å². The summed E-state index contributed by atoms with van der Waals surface area (Å²) >= 11 is 0. The number of methoxy groups -OCH3 is 1. The molecule has 0 bridgehead atoms. The molecule has 2 aromatic rings. The summed E-state index contributed by atoms with van der Waals surface area (Å²) in [6.07, 6.45) is 0. The average Bonchev–Trinajstić information content (AvgIpc) is 3.12. The van der Waals surface area contributed by atoms with Crippen LogP contribution in [0.4, 0.5) is 0 Å². The van der Waals surface area contributed by atoms with E-state index in [1.807, 2.05) is 36.2 Å². The maximum absolute atomic E-state index is 11.0. The Kier molecular flexibility index (Phi) is 6.90. The van der Waals surface area contributed by atoms with E-state index in [2.05, 4.69) is 10.3 Å². The summed E-state index contributed by atoms with van der Waals surface area (Å²) in [6.45, 7) is 1.52. The number of carbonyl (C=O) groups is 1. The smallest absolute Gasteiger partial charge is 0.284 e. The van der Waals surface area contributed by atoms with Crippen LogP contribution >= 0.6 is 0 Å². The van der Waals surface area contributed by atoms with Gasteiger partial charge in [0.25, 0.3) is 5.91 Å². The highest BCUT2D eigenvalue weighted by Crippen LogP contribution is 2.16. The molecule has 140 valence electrons. The molecule has 1 amide bonds. The van der Waals surface area contributed by atoms with Crippen molar-refractivity contribution in [3.8, 4) is 11.5 Å². The van der Waals surface area contributed by atoms with Crippen molar-refractivity contribution in [3.05, 3.63) is 47.9 Å². The van der Waals surface area contributed by atoms with E-state index in [4.69, 9.17) is 19.6 Å². The van der Waals surface area contributed by atoms with E-state index in [9.17, 15) is 4.79 Å². The van der Waals surface area contributed by atoms with Gasteiger partial charge in [-0.3, -0.25) is 9.79 Å². The van der Waals surface area contributed by atoms with Gasteiger partial charge in [0.1, 0.15) is 23.9 Å². The highest BCUT2D eigenvalue weighted by atomic mass is 16.5. The van der Waals surface area contributed by atoms with Gasteiger partial charge in [-0.25, -0.2) is 0 Å². The van der Waals surface area contributed by atoms with Crippen LogP contribution in [0.5, 0.6) is 11.5 Å². The molecule has 0 spiro atoms. The van der Waals surface area contributed by atoms with Crippen LogP contribution in [0.3, 0.4) is 0 Å². The fourth-order valence-electron chi connectivity index (χ4n) is 2.23. The summed E-state index contributed by atoms with van der Waals surface area (Å²) in [6, 6.07) is 10.7. The zero-order valence-corrected chi connectivity index (χ0v) is 15.2. The van der Waals surface area contributed by atoms with Crippen LogP contribution in [0.2, 0.25) is 0 Å². The molecular formula is C18H24N4O4. The third-order valence-electron chi connectivity index (χ3n) is 3.65. The van der Waals surface area contributed by atoms with E-state index >= 15 is 0 Å². The molecule has 1 aromatic carbocycles. The predicted octanol–water partition coefficient (Wildman–Crippen LogP) is 1.47. The van der Waals surface area contributed by atoms with Crippen LogP contribution in [0.25, 0.3) is 0 Å². The van der Waals surface area contributed by atoms with Gasteiger partial charge in [-0.05, 0) is 36.4 Å². The monoisotopic (exact) mass is 360 g/mol. The van der Waals surface area contributed by atoms with Crippen LogP contribution in [-0.2, 0) is 6.54 Å². The Morgan fingerprint density at radius 1 is 1.23 bits per heavy atom. The van der Waals surface area contributed by atoms with E-state index in [0.29, 0.717) is 31.4 Å². The first-order valence-corrected chi connectivity index (χ1v) is 8.10. The summed E-state index contributed by atoms with van der Waals surface area (Å²) in [5.41, 5.74) is 5.17. The van der Waals surface area contributed by atoms with Gasteiger partial charge in [-0.2, -0.15) is 0 Å². The van der Waals surface area contributed by atoms with E-state index in [1.165, 1.54) is 0 Å². The number of guanidine groups is 1. The number of aliphatic imine (C=N–C) groups is 1. The molecule has 0 aliphatic rings. The number of furan rings is 1. The zero-order chi connectivity index (χ0) is 18.9. The number of amides is 1. The molecule has 0 fully saturated rings. The van der Waals surface area contributed by atoms with Gasteiger partial charge >= 0.3 is 0 Å². The Labute approximate surface area is 152 Å². The molecule has 0 radical (unpaired) electrons. The van der Waals surface area contributed by atoms with Crippen LogP contribution in [0, 0.1) is 0 Å². The van der Waals surface area contributed by atoms with Gasteiger partial charge in [0.15, 0.2) is 11.7 Å². The van der Waals surface area contributed by atoms with E-state index < -0.39 is 5.91 Å². The van der Waals surface area contributed by atoms with Crippen molar-refractivity contribution in [1.29, 1.82) is 0 Å². The van der Waals surface area contributed by atoms with Crippen molar-refractivity contribution in [2.45, 2.75) is 6.54 Å². The van der Waals surface area contributed by atoms with Crippen LogP contribution in [-0.4, -0.2) is 51.1 Å². The van der Waals surface area contributed by atoms with Gasteiger partial charge in [-0.15, -0.1) is 0 Å². The Bertz CT molecular complexity index is 740. The predicted molar refractivity (Wildman–Crippen MR) is 98.5 cm³/mol. The topological polar surface area (TPSA) is 102 Å². The standard InChI is InChI=1S/C18H24N4O4/c1-20-18(21-12-15-8-9-16(26-15)17(19)23)22(2)10-11-25-14-6-4-13(24-3)5-7-14/h4-9H,10-12H2,1-3H3,(H2,19,23)(H,20,21). The molecular weight excluding hydrogens is 336 g/mol. The number of ether oxygens (including phenoxy) is 2. The van der Waals surface area contributed by atoms with Crippen molar-refractivity contribution in [1.82, 2.24) is 10.2 Å². The summed E-state index contributed by atoms with van der Waals surface area (Å²) in [5.74, 6) is 2.39. The lowest BCUT2D eigenvalue weighted by atomic mass is 10.3. The summed E-state index contributed by atoms with van der Waals surface area (Å²) in [5, 5.41) is 3.16. The Hall–Kier alpha value is -3.16. The molecule has 26 heavy (non-hydrogen) atoms. The molecule has 0 atom stereocenters. The van der Waals surface area contributed by atoms with Crippen molar-refractivity contribution >= 4 is 11.9 Å². The van der Waals surface area contributed by atoms with E-state index in [0.717, 1.165) is 11.5 Å². The van der Waals surface area contributed by atoms with Crippen LogP contribution in [0.1, 0.15) is 16.3 Å². The molecule has 1 aromatic heterocycles. The lowest BCUT2D eigenvalue weighted by Gasteiger charge is -2.21. The first kappa shape index (κ1) is 19.2. The molecule has 0 aliphatic carbocycles. The number of hydrogen-bond donors (Lipinski definition) is 2. The van der Waals surface area contributed by atoms with Gasteiger partial charge in [-0.1, -0.05) is 0 Å². The number of nitrogens with one attached hydrogen (secondary N) is 1. The van der Waals surface area contributed by atoms with E-state index in [1.54, 1.807) is 26.3 Å². The first-order chi connectivity index (χ1) is 12.5. The third kappa shape index (κ3) is 5.44. The van der Waals surface area contributed by atoms with Gasteiger partial charge < -0.3 is 29.8 Å². The molecule has 8 heteroatoms. The highest BCUT2D eigenvalue weighted by Gasteiger charge is 2.10. The summed E-state index contributed by atoms with van der Waals surface area (Å²) in [4.78, 5) is 17.2. The molecule has 1 heterocycles. The maximum atomic E-state index is 11.0. The normalized spacial score (nSPS) is 11.1. The lowest BCUT2D eigenvalue weighted by Crippen LogP contribution is -2.40. The minimum atomic E-state index is -0.589. The summed E-state index contributed by atoms with van der Waals surface area (Å²) < 4.78 is 16.2. The molecule has 8 nitrogen and oxygen atoms in total. The number of primary amides is 1. The largest absolute Gasteiger partial charge is 0.497 e. The maximum Gasteiger partial charge on any atom is 0.284 e. The van der Waals surface area contributed by atoms with Crippen LogP contribution < -0.4 is 20.5 Å². The molecule has 0 unspecified atom stereocenters. The molecule has 3 N–H and O–H groups in total. The fourth-order valence-corrected chi connectivity index (χ4v) is 2.23. The number of carbonyl (C=O) groups excluding carboxylic acids is 1. The SMILES string of the molecule is CN=C(NCc1ccc(C(N)=O)o1)N(C)CCOc1ccc(OC)cc1. The Morgan fingerprint density at radius 2 is 1.92 bits per heavy atom. The third-order valence-corrected chi connectivity index (χ3v) is 3.65. The lowest BCUT2D eigenvalue weighted by molar-refractivity contribution is 0.0972. The summed E-state index contributed by atoms with van der Waals surface area (Å²) in [7, 11) is 5.23. The van der Waals surface area contributed by atoms with Crippen molar-refractivity contribution in [3.63, 3.8) is 0 Å². The minimum absolute atomic E-state index is 0.137. The second kappa shape index (κ2) is 9.36. The van der Waals surface area contributed by atoms with Gasteiger partial charge in [0.05, 0.1) is 20.2 Å². The Balaban J connectivity index is 1.78. The average molecular weight is 360 g/mol. The molecule has 0 saturated carbocycles. The number of nitrogens with two attached hydrogens (primary N) is 1. The number of hydrogen-bond acceptors (Lipinski definition) is 5. The highest BCUT2D eigenvalue weighted by molar-refractivity contribution is 5.89. The first-order valence-electron chi connectivity index (χ1n) is 8.10. The van der Waals surface area contributed by atoms with Gasteiger partial charge in [0.2, 0.25) is 0 Å². The quantitative estimate of drug-likeness (QED) is 0.546.